The van der Waals surface area contributed by atoms with Gasteiger partial charge in [0.2, 0.25) is 5.89 Å². The molecule has 0 amide bonds. The van der Waals surface area contributed by atoms with Crippen LogP contribution in [0.3, 0.4) is 0 Å². The SMILES string of the molecule is CNC1CSCC1c1nc(Cc2cccs2)no1. The molecule has 18 heavy (non-hydrogen) atoms. The van der Waals surface area contributed by atoms with Crippen LogP contribution in [-0.4, -0.2) is 34.7 Å². The van der Waals surface area contributed by atoms with E-state index in [-0.39, 0.29) is 0 Å². The molecule has 1 saturated heterocycles. The fourth-order valence-corrected chi connectivity index (χ4v) is 4.26. The van der Waals surface area contributed by atoms with Gasteiger partial charge in [0.25, 0.3) is 0 Å². The lowest BCUT2D eigenvalue weighted by molar-refractivity contribution is 0.341. The van der Waals surface area contributed by atoms with Gasteiger partial charge < -0.3 is 9.84 Å². The first kappa shape index (κ1) is 12.2. The fourth-order valence-electron chi connectivity index (χ4n) is 2.14. The normalized spacial score (nSPS) is 23.6. The van der Waals surface area contributed by atoms with Gasteiger partial charge in [-0.2, -0.15) is 16.7 Å². The summed E-state index contributed by atoms with van der Waals surface area (Å²) in [6.07, 6.45) is 0.769. The summed E-state index contributed by atoms with van der Waals surface area (Å²) in [4.78, 5) is 5.81. The van der Waals surface area contributed by atoms with Gasteiger partial charge in [0.05, 0.1) is 5.92 Å². The summed E-state index contributed by atoms with van der Waals surface area (Å²) >= 11 is 3.66. The summed E-state index contributed by atoms with van der Waals surface area (Å²) in [5, 5.41) is 9.48. The number of hydrogen-bond acceptors (Lipinski definition) is 6. The molecule has 6 heteroatoms. The van der Waals surface area contributed by atoms with E-state index in [1.54, 1.807) is 11.3 Å². The van der Waals surface area contributed by atoms with E-state index in [2.05, 4.69) is 26.9 Å². The number of rotatable bonds is 4. The van der Waals surface area contributed by atoms with Gasteiger partial charge in [0, 0.05) is 28.8 Å². The summed E-state index contributed by atoms with van der Waals surface area (Å²) in [6.45, 7) is 0. The van der Waals surface area contributed by atoms with Crippen molar-refractivity contribution >= 4 is 23.1 Å². The Kier molecular flexibility index (Phi) is 3.67. The lowest BCUT2D eigenvalue weighted by Gasteiger charge is -2.13. The van der Waals surface area contributed by atoms with Crippen molar-refractivity contribution in [3.63, 3.8) is 0 Å². The van der Waals surface area contributed by atoms with Gasteiger partial charge in [-0.3, -0.25) is 0 Å². The highest BCUT2D eigenvalue weighted by molar-refractivity contribution is 7.99. The molecule has 3 rings (SSSR count). The van der Waals surface area contributed by atoms with Gasteiger partial charge in [-0.05, 0) is 18.5 Å². The molecule has 96 valence electrons. The average molecular weight is 281 g/mol. The van der Waals surface area contributed by atoms with E-state index in [0.717, 1.165) is 29.6 Å². The molecule has 0 aliphatic carbocycles. The lowest BCUT2D eigenvalue weighted by atomic mass is 10.0. The van der Waals surface area contributed by atoms with Crippen LogP contribution in [0, 0.1) is 0 Å². The number of aromatic nitrogens is 2. The number of likely N-dealkylation sites (N-methyl/N-ethyl adjacent to an activating group) is 1. The number of nitrogens with zero attached hydrogens (tertiary/aromatic N) is 2. The Balaban J connectivity index is 1.73. The third kappa shape index (κ3) is 2.46. The molecule has 0 radical (unpaired) electrons. The van der Waals surface area contributed by atoms with Gasteiger partial charge >= 0.3 is 0 Å². The van der Waals surface area contributed by atoms with E-state index in [1.807, 2.05) is 24.9 Å². The van der Waals surface area contributed by atoms with Crippen molar-refractivity contribution in [1.82, 2.24) is 15.5 Å². The summed E-state index contributed by atoms with van der Waals surface area (Å²) in [7, 11) is 1.99. The third-order valence-corrected chi connectivity index (χ3v) is 5.23. The highest BCUT2D eigenvalue weighted by Crippen LogP contribution is 2.31. The van der Waals surface area contributed by atoms with Crippen LogP contribution >= 0.6 is 23.1 Å². The quantitative estimate of drug-likeness (QED) is 0.930. The maximum atomic E-state index is 5.42. The van der Waals surface area contributed by atoms with Crippen molar-refractivity contribution in [3.05, 3.63) is 34.1 Å². The van der Waals surface area contributed by atoms with Crippen molar-refractivity contribution in [2.45, 2.75) is 18.4 Å². The Morgan fingerprint density at radius 3 is 3.22 bits per heavy atom. The van der Waals surface area contributed by atoms with Crippen LogP contribution in [0.5, 0.6) is 0 Å². The van der Waals surface area contributed by atoms with Gasteiger partial charge in [0.15, 0.2) is 5.82 Å². The molecular weight excluding hydrogens is 266 g/mol. The van der Waals surface area contributed by atoms with Gasteiger partial charge in [-0.15, -0.1) is 11.3 Å². The molecule has 3 heterocycles. The lowest BCUT2D eigenvalue weighted by Crippen LogP contribution is -2.31. The number of thiophene rings is 1. The molecule has 1 aliphatic heterocycles. The van der Waals surface area contributed by atoms with Crippen LogP contribution < -0.4 is 5.32 Å². The molecule has 0 aromatic carbocycles. The topological polar surface area (TPSA) is 51.0 Å². The summed E-state index contributed by atoms with van der Waals surface area (Å²) in [6, 6.07) is 4.60. The predicted octanol–water partition coefficient (Wildman–Crippen LogP) is 2.14. The van der Waals surface area contributed by atoms with E-state index < -0.39 is 0 Å². The van der Waals surface area contributed by atoms with Gasteiger partial charge in [-0.1, -0.05) is 11.2 Å². The zero-order valence-corrected chi connectivity index (χ0v) is 11.8. The van der Waals surface area contributed by atoms with Crippen LogP contribution in [0.1, 0.15) is 22.5 Å². The summed E-state index contributed by atoms with van der Waals surface area (Å²) < 4.78 is 5.42. The van der Waals surface area contributed by atoms with Crippen molar-refractivity contribution < 1.29 is 4.52 Å². The van der Waals surface area contributed by atoms with Crippen molar-refractivity contribution in [1.29, 1.82) is 0 Å². The Morgan fingerprint density at radius 1 is 1.50 bits per heavy atom. The Labute approximate surface area is 114 Å². The second kappa shape index (κ2) is 5.42. The highest BCUT2D eigenvalue weighted by Gasteiger charge is 2.32. The maximum absolute atomic E-state index is 5.42. The van der Waals surface area contributed by atoms with E-state index in [1.165, 1.54) is 4.88 Å². The number of nitrogens with one attached hydrogen (secondary N) is 1. The Morgan fingerprint density at radius 2 is 2.44 bits per heavy atom. The van der Waals surface area contributed by atoms with Gasteiger partial charge in [-0.25, -0.2) is 0 Å². The molecule has 0 bridgehead atoms. The number of thioether (sulfide) groups is 1. The third-order valence-electron chi connectivity index (χ3n) is 3.16. The molecule has 1 N–H and O–H groups in total. The van der Waals surface area contributed by atoms with E-state index >= 15 is 0 Å². The minimum absolute atomic E-state index is 0.351. The predicted molar refractivity (Wildman–Crippen MR) is 74.3 cm³/mol. The average Bonchev–Trinajstić information content (AvgIpc) is 3.09. The minimum Gasteiger partial charge on any atom is -0.339 e. The van der Waals surface area contributed by atoms with Crippen LogP contribution in [-0.2, 0) is 6.42 Å². The molecule has 4 nitrogen and oxygen atoms in total. The van der Waals surface area contributed by atoms with Crippen LogP contribution in [0.15, 0.2) is 22.0 Å². The van der Waals surface area contributed by atoms with Crippen molar-refractivity contribution in [3.8, 4) is 0 Å². The van der Waals surface area contributed by atoms with E-state index in [9.17, 15) is 0 Å². The fraction of sp³-hybridized carbons (Fsp3) is 0.500. The molecule has 2 atom stereocenters. The smallest absolute Gasteiger partial charge is 0.232 e. The molecule has 2 unspecified atom stereocenters. The molecule has 2 aromatic heterocycles. The Hall–Kier alpha value is -0.850. The zero-order valence-electron chi connectivity index (χ0n) is 10.1. The minimum atomic E-state index is 0.351. The first-order chi connectivity index (χ1) is 8.86. The van der Waals surface area contributed by atoms with Crippen LogP contribution in [0.2, 0.25) is 0 Å². The second-order valence-corrected chi connectivity index (χ2v) is 6.45. The van der Waals surface area contributed by atoms with Crippen LogP contribution in [0.25, 0.3) is 0 Å². The molecule has 1 fully saturated rings. The van der Waals surface area contributed by atoms with Gasteiger partial charge in [0.1, 0.15) is 0 Å². The van der Waals surface area contributed by atoms with Crippen LogP contribution in [0.4, 0.5) is 0 Å². The maximum Gasteiger partial charge on any atom is 0.232 e. The standard InChI is InChI=1S/C12H15N3OS2/c1-13-10-7-17-6-9(10)12-14-11(15-16-12)5-8-3-2-4-18-8/h2-4,9-10,13H,5-7H2,1H3. The van der Waals surface area contributed by atoms with Crippen molar-refractivity contribution in [2.75, 3.05) is 18.6 Å². The van der Waals surface area contributed by atoms with E-state index in [0.29, 0.717) is 12.0 Å². The molecule has 2 aromatic rings. The first-order valence-electron chi connectivity index (χ1n) is 5.96. The summed E-state index contributed by atoms with van der Waals surface area (Å²) in [5.74, 6) is 4.10. The second-order valence-electron chi connectivity index (χ2n) is 4.34. The largest absolute Gasteiger partial charge is 0.339 e. The molecule has 1 aliphatic rings. The highest BCUT2D eigenvalue weighted by atomic mass is 32.2. The van der Waals surface area contributed by atoms with E-state index in [4.69, 9.17) is 4.52 Å². The molecular formula is C12H15N3OS2. The molecule has 0 saturated carbocycles. The number of hydrogen-bond donors (Lipinski definition) is 1. The monoisotopic (exact) mass is 281 g/mol. The summed E-state index contributed by atoms with van der Waals surface area (Å²) in [5.41, 5.74) is 0. The Bertz CT molecular complexity index is 497. The zero-order chi connectivity index (χ0) is 12.4. The molecule has 0 spiro atoms. The first-order valence-corrected chi connectivity index (χ1v) is 8.00. The van der Waals surface area contributed by atoms with Crippen molar-refractivity contribution in [2.24, 2.45) is 0 Å².